The van der Waals surface area contributed by atoms with Gasteiger partial charge in [0.15, 0.2) is 17.3 Å². The number of methoxy groups -OCH3 is 1. The highest BCUT2D eigenvalue weighted by atomic mass is 16.5. The number of allylic oxidation sites excluding steroid dienone is 1. The van der Waals surface area contributed by atoms with Crippen LogP contribution in [0.15, 0.2) is 77.9 Å². The summed E-state index contributed by atoms with van der Waals surface area (Å²) in [6.45, 7) is 6.90. The lowest BCUT2D eigenvalue weighted by molar-refractivity contribution is 0.0909. The summed E-state index contributed by atoms with van der Waals surface area (Å²) >= 11 is 0. The van der Waals surface area contributed by atoms with Crippen molar-refractivity contribution in [3.8, 4) is 11.5 Å². The maximum atomic E-state index is 12.5. The summed E-state index contributed by atoms with van der Waals surface area (Å²) in [5.74, 6) is 2.21. The second-order valence-electron chi connectivity index (χ2n) is 7.96. The van der Waals surface area contributed by atoms with E-state index in [0.29, 0.717) is 24.7 Å². The highest BCUT2D eigenvalue weighted by Crippen LogP contribution is 2.29. The summed E-state index contributed by atoms with van der Waals surface area (Å²) in [4.78, 5) is 17.3. The molecule has 1 unspecified atom stereocenters. The molecule has 0 saturated carbocycles. The Kier molecular flexibility index (Phi) is 7.32. The Hall–Kier alpha value is -4.00. The number of imidazole rings is 1. The van der Waals surface area contributed by atoms with E-state index in [0.717, 1.165) is 35.3 Å². The van der Waals surface area contributed by atoms with Crippen molar-refractivity contribution in [1.29, 1.82) is 0 Å². The van der Waals surface area contributed by atoms with Crippen LogP contribution in [0.3, 0.4) is 0 Å². The number of para-hydroxylation sites is 2. The van der Waals surface area contributed by atoms with Gasteiger partial charge in [-0.05, 0) is 61.7 Å². The molecule has 0 aliphatic carbocycles. The summed E-state index contributed by atoms with van der Waals surface area (Å²) < 4.78 is 18.9. The SMILES string of the molecule is C=CCc1ccc(OCCCn2c(C(C)NC(=O)c3ccco3)nc3ccccc32)c(OC)c1. The lowest BCUT2D eigenvalue weighted by Crippen LogP contribution is -2.28. The van der Waals surface area contributed by atoms with Crippen molar-refractivity contribution >= 4 is 16.9 Å². The number of hydrogen-bond acceptors (Lipinski definition) is 5. The van der Waals surface area contributed by atoms with Crippen molar-refractivity contribution < 1.29 is 18.7 Å². The number of rotatable bonds is 11. The van der Waals surface area contributed by atoms with Crippen molar-refractivity contribution in [2.45, 2.75) is 32.4 Å². The molecule has 2 aromatic carbocycles. The van der Waals surface area contributed by atoms with Crippen molar-refractivity contribution in [3.05, 3.63) is 90.7 Å². The molecular weight excluding hydrogens is 430 g/mol. The van der Waals surface area contributed by atoms with E-state index < -0.39 is 0 Å². The molecule has 176 valence electrons. The molecule has 0 aliphatic rings. The Morgan fingerprint density at radius 3 is 2.82 bits per heavy atom. The molecule has 2 aromatic heterocycles. The molecule has 0 radical (unpaired) electrons. The average molecular weight is 460 g/mol. The van der Waals surface area contributed by atoms with Gasteiger partial charge in [-0.25, -0.2) is 4.98 Å². The maximum Gasteiger partial charge on any atom is 0.287 e. The summed E-state index contributed by atoms with van der Waals surface area (Å²) in [5.41, 5.74) is 3.03. The van der Waals surface area contributed by atoms with Crippen LogP contribution in [0.25, 0.3) is 11.0 Å². The lowest BCUT2D eigenvalue weighted by Gasteiger charge is -2.16. The van der Waals surface area contributed by atoms with E-state index in [1.165, 1.54) is 6.26 Å². The van der Waals surface area contributed by atoms with Gasteiger partial charge in [0.2, 0.25) is 0 Å². The fourth-order valence-electron chi connectivity index (χ4n) is 3.93. The number of amides is 1. The standard InChI is InChI=1S/C27H29N3O4/c1-4-9-20-13-14-23(25(18-20)32-3)33-17-8-15-30-22-11-6-5-10-21(22)29-26(30)19(2)28-27(31)24-12-7-16-34-24/h4-7,10-14,16,18-19H,1,8-9,15,17H2,2-3H3,(H,28,31). The minimum Gasteiger partial charge on any atom is -0.493 e. The van der Waals surface area contributed by atoms with Crippen molar-refractivity contribution in [3.63, 3.8) is 0 Å². The van der Waals surface area contributed by atoms with Crippen LogP contribution >= 0.6 is 0 Å². The van der Waals surface area contributed by atoms with Crippen molar-refractivity contribution in [1.82, 2.24) is 14.9 Å². The van der Waals surface area contributed by atoms with E-state index in [4.69, 9.17) is 18.9 Å². The molecule has 34 heavy (non-hydrogen) atoms. The second kappa shape index (κ2) is 10.7. The number of aryl methyl sites for hydroxylation is 1. The molecule has 0 fully saturated rings. The number of hydrogen-bond donors (Lipinski definition) is 1. The number of carbonyl (C=O) groups excluding carboxylic acids is 1. The van der Waals surface area contributed by atoms with E-state index in [1.807, 2.05) is 55.5 Å². The Labute approximate surface area is 199 Å². The first-order valence-corrected chi connectivity index (χ1v) is 11.3. The van der Waals surface area contributed by atoms with Gasteiger partial charge in [-0.2, -0.15) is 0 Å². The average Bonchev–Trinajstić information content (AvgIpc) is 3.51. The summed E-state index contributed by atoms with van der Waals surface area (Å²) in [7, 11) is 1.64. The number of nitrogens with one attached hydrogen (secondary N) is 1. The van der Waals surface area contributed by atoms with E-state index in [2.05, 4.69) is 16.5 Å². The smallest absolute Gasteiger partial charge is 0.287 e. The summed E-state index contributed by atoms with van der Waals surface area (Å²) in [6.07, 6.45) is 4.88. The molecule has 7 heteroatoms. The third-order valence-electron chi connectivity index (χ3n) is 5.56. The number of aromatic nitrogens is 2. The minimum absolute atomic E-state index is 0.272. The molecule has 4 aromatic rings. The summed E-state index contributed by atoms with van der Waals surface area (Å²) in [5, 5.41) is 2.98. The number of furan rings is 1. The predicted octanol–water partition coefficient (Wildman–Crippen LogP) is 5.33. The molecule has 0 bridgehead atoms. The van der Waals surface area contributed by atoms with Gasteiger partial charge in [-0.3, -0.25) is 4.79 Å². The third kappa shape index (κ3) is 5.14. The number of benzene rings is 2. The normalized spacial score (nSPS) is 11.8. The van der Waals surface area contributed by atoms with Crippen molar-refractivity contribution in [2.75, 3.05) is 13.7 Å². The first-order valence-electron chi connectivity index (χ1n) is 11.3. The number of ether oxygens (including phenoxy) is 2. The zero-order valence-corrected chi connectivity index (χ0v) is 19.5. The summed E-state index contributed by atoms with van der Waals surface area (Å²) in [6, 6.07) is 16.9. The molecule has 4 rings (SSSR count). The quantitative estimate of drug-likeness (QED) is 0.242. The molecule has 0 saturated heterocycles. The van der Waals surface area contributed by atoms with Crippen LogP contribution < -0.4 is 14.8 Å². The van der Waals surface area contributed by atoms with Crippen LogP contribution in [0.4, 0.5) is 0 Å². The topological polar surface area (TPSA) is 78.5 Å². The Morgan fingerprint density at radius 1 is 1.21 bits per heavy atom. The van der Waals surface area contributed by atoms with Crippen LogP contribution in [0, 0.1) is 0 Å². The maximum absolute atomic E-state index is 12.5. The number of carbonyl (C=O) groups is 1. The number of nitrogens with zero attached hydrogens (tertiary/aromatic N) is 2. The van der Waals surface area contributed by atoms with E-state index in [1.54, 1.807) is 19.2 Å². The fraction of sp³-hybridized carbons (Fsp3) is 0.259. The van der Waals surface area contributed by atoms with Gasteiger partial charge in [0.25, 0.3) is 5.91 Å². The van der Waals surface area contributed by atoms with Gasteiger partial charge in [0.05, 0.1) is 37.1 Å². The van der Waals surface area contributed by atoms with Gasteiger partial charge < -0.3 is 23.8 Å². The number of fused-ring (bicyclic) bond motifs is 1. The predicted molar refractivity (Wildman–Crippen MR) is 131 cm³/mol. The van der Waals surface area contributed by atoms with E-state index in [-0.39, 0.29) is 17.7 Å². The van der Waals surface area contributed by atoms with Crippen molar-refractivity contribution in [2.24, 2.45) is 0 Å². The largest absolute Gasteiger partial charge is 0.493 e. The molecule has 1 amide bonds. The molecule has 0 aliphatic heterocycles. The fourth-order valence-corrected chi connectivity index (χ4v) is 3.93. The molecule has 1 N–H and O–H groups in total. The van der Waals surface area contributed by atoms with Gasteiger partial charge in [-0.15, -0.1) is 6.58 Å². The van der Waals surface area contributed by atoms with Crippen LogP contribution in [0.1, 0.15) is 41.3 Å². The monoisotopic (exact) mass is 459 g/mol. The Morgan fingerprint density at radius 2 is 2.06 bits per heavy atom. The highest BCUT2D eigenvalue weighted by molar-refractivity contribution is 5.91. The first-order chi connectivity index (χ1) is 16.6. The lowest BCUT2D eigenvalue weighted by atomic mass is 10.1. The van der Waals surface area contributed by atoms with Gasteiger partial charge in [0.1, 0.15) is 5.82 Å². The zero-order valence-electron chi connectivity index (χ0n) is 19.5. The van der Waals surface area contributed by atoms with Crippen LogP contribution in [-0.2, 0) is 13.0 Å². The second-order valence-corrected chi connectivity index (χ2v) is 7.96. The molecule has 7 nitrogen and oxygen atoms in total. The Balaban J connectivity index is 1.45. The minimum atomic E-state index is -0.302. The van der Waals surface area contributed by atoms with Gasteiger partial charge in [0, 0.05) is 6.54 Å². The third-order valence-corrected chi connectivity index (χ3v) is 5.56. The highest BCUT2D eigenvalue weighted by Gasteiger charge is 2.20. The van der Waals surface area contributed by atoms with Crippen LogP contribution in [-0.4, -0.2) is 29.2 Å². The molecule has 2 heterocycles. The van der Waals surface area contributed by atoms with E-state index >= 15 is 0 Å². The first kappa shape index (κ1) is 23.2. The van der Waals surface area contributed by atoms with Gasteiger partial charge in [-0.1, -0.05) is 24.3 Å². The van der Waals surface area contributed by atoms with Crippen LogP contribution in [0.5, 0.6) is 11.5 Å². The molecule has 1 atom stereocenters. The molecule has 0 spiro atoms. The zero-order chi connectivity index (χ0) is 23.9. The van der Waals surface area contributed by atoms with Crippen LogP contribution in [0.2, 0.25) is 0 Å². The van der Waals surface area contributed by atoms with Gasteiger partial charge >= 0.3 is 0 Å². The molecular formula is C27H29N3O4. The van der Waals surface area contributed by atoms with E-state index in [9.17, 15) is 4.79 Å². The Bertz CT molecular complexity index is 1260.